The van der Waals surface area contributed by atoms with E-state index in [1.54, 1.807) is 12.1 Å². The second kappa shape index (κ2) is 7.62. The number of nitrogens with zero attached hydrogens (tertiary/aromatic N) is 2. The predicted molar refractivity (Wildman–Crippen MR) is 88.8 cm³/mol. The van der Waals surface area contributed by atoms with Crippen LogP contribution in [0.2, 0.25) is 0 Å². The van der Waals surface area contributed by atoms with Gasteiger partial charge in [-0.25, -0.2) is 4.79 Å². The molecule has 0 radical (unpaired) electrons. The minimum atomic E-state index is -1.29. The summed E-state index contributed by atoms with van der Waals surface area (Å²) in [5.41, 5.74) is 0.0481. The third-order valence-corrected chi connectivity index (χ3v) is 5.11. The number of carboxylic acid groups (broad SMARTS) is 1. The minimum Gasteiger partial charge on any atom is -0.477 e. The van der Waals surface area contributed by atoms with Gasteiger partial charge in [-0.05, 0) is 17.7 Å². The number of furan rings is 1. The van der Waals surface area contributed by atoms with Gasteiger partial charge in [-0.2, -0.15) is 0 Å². The Kier molecular flexibility index (Phi) is 5.28. The molecule has 2 aliphatic heterocycles. The first-order valence-electron chi connectivity index (χ1n) is 7.52. The molecule has 10 nitrogen and oxygen atoms in total. The largest absolute Gasteiger partial charge is 0.477 e. The number of aliphatic hydroxyl groups excluding tert-OH is 1. The molecule has 3 N–H and O–H groups in total. The van der Waals surface area contributed by atoms with Crippen molar-refractivity contribution in [3.8, 4) is 0 Å². The van der Waals surface area contributed by atoms with Crippen LogP contribution in [0.1, 0.15) is 5.76 Å². The van der Waals surface area contributed by atoms with Gasteiger partial charge in [0, 0.05) is 5.75 Å². The summed E-state index contributed by atoms with van der Waals surface area (Å²) in [4.78, 5) is 41.4. The molecule has 1 aromatic rings. The zero-order valence-corrected chi connectivity index (χ0v) is 14.1. The standard InChI is InChI=1S/C15H15N3O7S/c19-5-8-7-26-14-11(13(21)18(14)12(8)15(22)23)17-10(20)4-16-25-6-9-2-1-3-24-9/h1-4,11,14,19H,5-7H2,(H,17,20)(H,22,23). The second-order valence-corrected chi connectivity index (χ2v) is 6.50. The lowest BCUT2D eigenvalue weighted by Gasteiger charge is -2.49. The molecule has 3 rings (SSSR count). The van der Waals surface area contributed by atoms with Gasteiger partial charge >= 0.3 is 5.97 Å². The normalized spacial score (nSPS) is 22.2. The van der Waals surface area contributed by atoms with E-state index in [2.05, 4.69) is 10.5 Å². The molecule has 138 valence electrons. The summed E-state index contributed by atoms with van der Waals surface area (Å²) in [6.45, 7) is -0.385. The van der Waals surface area contributed by atoms with E-state index < -0.39 is 35.8 Å². The maximum Gasteiger partial charge on any atom is 0.352 e. The van der Waals surface area contributed by atoms with Gasteiger partial charge in [-0.1, -0.05) is 5.16 Å². The number of aliphatic carboxylic acids is 1. The van der Waals surface area contributed by atoms with Crippen LogP contribution >= 0.6 is 11.8 Å². The lowest BCUT2D eigenvalue weighted by Crippen LogP contribution is -2.70. The van der Waals surface area contributed by atoms with E-state index in [1.807, 2.05) is 0 Å². The van der Waals surface area contributed by atoms with Crippen LogP contribution in [0.3, 0.4) is 0 Å². The van der Waals surface area contributed by atoms with Crippen molar-refractivity contribution in [1.29, 1.82) is 0 Å². The van der Waals surface area contributed by atoms with Gasteiger partial charge in [0.25, 0.3) is 11.8 Å². The lowest BCUT2D eigenvalue weighted by atomic mass is 10.0. The molecule has 1 aromatic heterocycles. The molecule has 1 fully saturated rings. The fourth-order valence-corrected chi connectivity index (χ4v) is 3.91. The van der Waals surface area contributed by atoms with E-state index in [4.69, 9.17) is 9.25 Å². The topological polar surface area (TPSA) is 142 Å². The smallest absolute Gasteiger partial charge is 0.352 e. The molecular formula is C15H15N3O7S. The first kappa shape index (κ1) is 18.0. The summed E-state index contributed by atoms with van der Waals surface area (Å²) in [6, 6.07) is 2.51. The quantitative estimate of drug-likeness (QED) is 0.326. The number of aliphatic hydroxyl groups is 1. The number of carbonyl (C=O) groups excluding carboxylic acids is 2. The van der Waals surface area contributed by atoms with Crippen molar-refractivity contribution in [3.05, 3.63) is 35.4 Å². The van der Waals surface area contributed by atoms with Crippen molar-refractivity contribution >= 4 is 35.8 Å². The van der Waals surface area contributed by atoms with E-state index in [1.165, 1.54) is 18.0 Å². The molecule has 2 amide bonds. The van der Waals surface area contributed by atoms with E-state index in [9.17, 15) is 24.6 Å². The summed E-state index contributed by atoms with van der Waals surface area (Å²) >= 11 is 1.27. The Labute approximate surface area is 151 Å². The molecule has 2 atom stereocenters. The van der Waals surface area contributed by atoms with Gasteiger partial charge < -0.3 is 24.8 Å². The van der Waals surface area contributed by atoms with Crippen molar-refractivity contribution in [2.75, 3.05) is 12.4 Å². The average molecular weight is 381 g/mol. The van der Waals surface area contributed by atoms with Gasteiger partial charge in [-0.15, -0.1) is 11.8 Å². The predicted octanol–water partition coefficient (Wildman–Crippen LogP) is -0.487. The third-order valence-electron chi connectivity index (χ3n) is 3.77. The highest BCUT2D eigenvalue weighted by atomic mass is 32.2. The van der Waals surface area contributed by atoms with Crippen LogP contribution < -0.4 is 5.32 Å². The number of oxime groups is 1. The maximum absolute atomic E-state index is 12.2. The SMILES string of the molecule is O=C(C=NOCc1ccco1)NC1C(=O)N2C(C(=O)O)=C(CO)CSC12. The van der Waals surface area contributed by atoms with Crippen LogP contribution in [-0.2, 0) is 25.8 Å². The van der Waals surface area contributed by atoms with E-state index in [-0.39, 0.29) is 23.6 Å². The number of β-lactam (4-membered cyclic amide) rings is 1. The number of thioether (sulfide) groups is 1. The van der Waals surface area contributed by atoms with E-state index >= 15 is 0 Å². The van der Waals surface area contributed by atoms with Gasteiger partial charge in [0.1, 0.15) is 29.1 Å². The molecule has 0 saturated carbocycles. The molecule has 2 aliphatic rings. The first-order chi connectivity index (χ1) is 12.5. The minimum absolute atomic E-state index is 0.0576. The molecule has 3 heterocycles. The number of carboxylic acids is 1. The monoisotopic (exact) mass is 381 g/mol. The summed E-state index contributed by atoms with van der Waals surface area (Å²) in [7, 11) is 0. The molecule has 11 heteroatoms. The second-order valence-electron chi connectivity index (χ2n) is 5.40. The van der Waals surface area contributed by atoms with Crippen molar-refractivity contribution < 1.29 is 33.9 Å². The summed E-state index contributed by atoms with van der Waals surface area (Å²) in [5, 5.41) is 23.9. The fraction of sp³-hybridized carbons (Fsp3) is 0.333. The van der Waals surface area contributed by atoms with Crippen molar-refractivity contribution in [2.45, 2.75) is 18.0 Å². The molecule has 0 aromatic carbocycles. The van der Waals surface area contributed by atoms with Crippen molar-refractivity contribution in [1.82, 2.24) is 10.2 Å². The average Bonchev–Trinajstić information content (AvgIpc) is 3.15. The molecule has 2 unspecified atom stereocenters. The Morgan fingerprint density at radius 3 is 3.00 bits per heavy atom. The number of nitrogens with one attached hydrogen (secondary N) is 1. The van der Waals surface area contributed by atoms with Gasteiger partial charge in [0.05, 0.1) is 12.9 Å². The number of carbonyl (C=O) groups is 3. The number of amides is 2. The highest BCUT2D eigenvalue weighted by Crippen LogP contribution is 2.40. The highest BCUT2D eigenvalue weighted by Gasteiger charge is 2.54. The summed E-state index contributed by atoms with van der Waals surface area (Å²) < 4.78 is 5.03. The van der Waals surface area contributed by atoms with Gasteiger partial charge in [-0.3, -0.25) is 14.5 Å². The van der Waals surface area contributed by atoms with Crippen molar-refractivity contribution in [2.24, 2.45) is 5.16 Å². The molecule has 0 spiro atoms. The first-order valence-corrected chi connectivity index (χ1v) is 8.57. The van der Waals surface area contributed by atoms with Crippen LogP contribution in [0.4, 0.5) is 0 Å². The molecule has 26 heavy (non-hydrogen) atoms. The number of rotatable bonds is 7. The fourth-order valence-electron chi connectivity index (χ4n) is 2.58. The zero-order valence-electron chi connectivity index (χ0n) is 13.3. The van der Waals surface area contributed by atoms with Gasteiger partial charge in [0.15, 0.2) is 6.61 Å². The number of hydrogen-bond acceptors (Lipinski definition) is 8. The third kappa shape index (κ3) is 3.44. The van der Waals surface area contributed by atoms with Gasteiger partial charge in [0.2, 0.25) is 0 Å². The van der Waals surface area contributed by atoms with Crippen LogP contribution in [0.5, 0.6) is 0 Å². The van der Waals surface area contributed by atoms with Crippen LogP contribution in [0.25, 0.3) is 0 Å². The van der Waals surface area contributed by atoms with E-state index in [0.29, 0.717) is 5.76 Å². The summed E-state index contributed by atoms with van der Waals surface area (Å²) in [5.74, 6) is -1.68. The van der Waals surface area contributed by atoms with Crippen LogP contribution in [-0.4, -0.2) is 62.9 Å². The molecule has 0 aliphatic carbocycles. The Hall–Kier alpha value is -2.79. The Balaban J connectivity index is 1.55. The molecule has 1 saturated heterocycles. The Morgan fingerprint density at radius 2 is 2.35 bits per heavy atom. The molecule has 0 bridgehead atoms. The van der Waals surface area contributed by atoms with E-state index in [0.717, 1.165) is 11.1 Å². The Morgan fingerprint density at radius 1 is 1.54 bits per heavy atom. The maximum atomic E-state index is 12.2. The zero-order chi connectivity index (χ0) is 18.7. The van der Waals surface area contributed by atoms with Crippen LogP contribution in [0, 0.1) is 0 Å². The number of fused-ring (bicyclic) bond motifs is 1. The molecular weight excluding hydrogens is 366 g/mol. The van der Waals surface area contributed by atoms with Crippen LogP contribution in [0.15, 0.2) is 39.2 Å². The lowest BCUT2D eigenvalue weighted by molar-refractivity contribution is -0.150. The summed E-state index contributed by atoms with van der Waals surface area (Å²) in [6.07, 6.45) is 2.37. The number of hydrogen-bond donors (Lipinski definition) is 3. The highest BCUT2D eigenvalue weighted by molar-refractivity contribution is 8.00. The Bertz CT molecular complexity index is 774. The van der Waals surface area contributed by atoms with Crippen molar-refractivity contribution in [3.63, 3.8) is 0 Å².